The molecule has 1 fully saturated rings. The summed E-state index contributed by atoms with van der Waals surface area (Å²) < 4.78 is 0. The number of hydrogen-bond acceptors (Lipinski definition) is 1. The molecule has 1 aliphatic carbocycles. The maximum absolute atomic E-state index is 4.60. The second-order valence-electron chi connectivity index (χ2n) is 4.09. The van der Waals surface area contributed by atoms with Gasteiger partial charge in [-0.05, 0) is 43.9 Å². The van der Waals surface area contributed by atoms with Crippen LogP contribution in [0, 0.1) is 11.8 Å². The maximum Gasteiger partial charge on any atom is 0.0389 e. The third-order valence-corrected chi connectivity index (χ3v) is 3.08. The SMILES string of the molecule is CC1CCC2=NCCCC2C1. The smallest absolute Gasteiger partial charge is 0.0389 e. The van der Waals surface area contributed by atoms with E-state index in [1.54, 1.807) is 5.71 Å². The van der Waals surface area contributed by atoms with Gasteiger partial charge in [-0.2, -0.15) is 0 Å². The van der Waals surface area contributed by atoms with Gasteiger partial charge >= 0.3 is 0 Å². The molecular weight excluding hydrogens is 134 g/mol. The Morgan fingerprint density at radius 2 is 2.27 bits per heavy atom. The van der Waals surface area contributed by atoms with E-state index in [4.69, 9.17) is 0 Å². The van der Waals surface area contributed by atoms with Crippen LogP contribution in [-0.2, 0) is 0 Å². The van der Waals surface area contributed by atoms with Crippen LogP contribution in [-0.4, -0.2) is 12.3 Å². The standard InChI is InChI=1S/C10H17N/c1-8-4-5-10-9(7-8)3-2-6-11-10/h8-9H,2-7H2,1H3. The van der Waals surface area contributed by atoms with Gasteiger partial charge in [0.2, 0.25) is 0 Å². The molecule has 2 aliphatic rings. The molecule has 1 heterocycles. The summed E-state index contributed by atoms with van der Waals surface area (Å²) in [4.78, 5) is 4.60. The maximum atomic E-state index is 4.60. The highest BCUT2D eigenvalue weighted by atomic mass is 14.8. The first-order valence-corrected chi connectivity index (χ1v) is 4.89. The molecule has 1 aliphatic heterocycles. The Morgan fingerprint density at radius 1 is 1.36 bits per heavy atom. The lowest BCUT2D eigenvalue weighted by Crippen LogP contribution is -2.26. The molecule has 0 spiro atoms. The lowest BCUT2D eigenvalue weighted by Gasteiger charge is -2.31. The monoisotopic (exact) mass is 151 g/mol. The molecule has 62 valence electrons. The molecule has 1 nitrogen and oxygen atoms in total. The Kier molecular flexibility index (Phi) is 1.97. The average molecular weight is 151 g/mol. The fourth-order valence-electron chi connectivity index (χ4n) is 2.39. The summed E-state index contributed by atoms with van der Waals surface area (Å²) in [5, 5.41) is 0. The van der Waals surface area contributed by atoms with Crippen molar-refractivity contribution in [3.05, 3.63) is 0 Å². The van der Waals surface area contributed by atoms with Crippen LogP contribution in [0.3, 0.4) is 0 Å². The minimum atomic E-state index is 0.882. The molecule has 2 rings (SSSR count). The number of aliphatic imine (C=N–C) groups is 1. The Balaban J connectivity index is 2.06. The van der Waals surface area contributed by atoms with Crippen LogP contribution >= 0.6 is 0 Å². The summed E-state index contributed by atoms with van der Waals surface area (Å²) >= 11 is 0. The molecule has 1 saturated carbocycles. The van der Waals surface area contributed by atoms with Crippen molar-refractivity contribution >= 4 is 5.71 Å². The minimum absolute atomic E-state index is 0.882. The zero-order chi connectivity index (χ0) is 7.68. The van der Waals surface area contributed by atoms with E-state index in [1.807, 2.05) is 0 Å². The summed E-state index contributed by atoms with van der Waals surface area (Å²) in [6.07, 6.45) is 6.85. The van der Waals surface area contributed by atoms with Gasteiger partial charge in [0.15, 0.2) is 0 Å². The molecule has 2 atom stereocenters. The molecule has 0 bridgehead atoms. The van der Waals surface area contributed by atoms with Crippen LogP contribution in [0.15, 0.2) is 4.99 Å². The van der Waals surface area contributed by atoms with Gasteiger partial charge in [-0.25, -0.2) is 0 Å². The normalized spacial score (nSPS) is 37.7. The van der Waals surface area contributed by atoms with Gasteiger partial charge in [0, 0.05) is 12.3 Å². The molecule has 0 aromatic heterocycles. The molecule has 1 heteroatoms. The van der Waals surface area contributed by atoms with Crippen molar-refractivity contribution in [3.8, 4) is 0 Å². The Hall–Kier alpha value is -0.330. The van der Waals surface area contributed by atoms with Gasteiger partial charge in [0.05, 0.1) is 0 Å². The van der Waals surface area contributed by atoms with E-state index in [-0.39, 0.29) is 0 Å². The van der Waals surface area contributed by atoms with E-state index in [1.165, 1.54) is 32.1 Å². The van der Waals surface area contributed by atoms with E-state index in [2.05, 4.69) is 11.9 Å². The number of fused-ring (bicyclic) bond motifs is 1. The summed E-state index contributed by atoms with van der Waals surface area (Å²) in [7, 11) is 0. The highest BCUT2D eigenvalue weighted by Crippen LogP contribution is 2.31. The van der Waals surface area contributed by atoms with Crippen molar-refractivity contribution in [2.45, 2.75) is 39.0 Å². The molecular formula is C10H17N. The van der Waals surface area contributed by atoms with Gasteiger partial charge in [-0.1, -0.05) is 6.92 Å². The lowest BCUT2D eigenvalue weighted by molar-refractivity contribution is 0.374. The highest BCUT2D eigenvalue weighted by molar-refractivity contribution is 5.87. The van der Waals surface area contributed by atoms with Gasteiger partial charge in [-0.15, -0.1) is 0 Å². The van der Waals surface area contributed by atoms with Gasteiger partial charge in [0.1, 0.15) is 0 Å². The van der Waals surface area contributed by atoms with Crippen LogP contribution in [0.25, 0.3) is 0 Å². The van der Waals surface area contributed by atoms with Crippen molar-refractivity contribution in [3.63, 3.8) is 0 Å². The van der Waals surface area contributed by atoms with Crippen LogP contribution in [0.4, 0.5) is 0 Å². The fourth-order valence-corrected chi connectivity index (χ4v) is 2.39. The Bertz CT molecular complexity index is 172. The van der Waals surface area contributed by atoms with E-state index in [0.29, 0.717) is 0 Å². The summed E-state index contributed by atoms with van der Waals surface area (Å²) in [6, 6.07) is 0. The molecule has 0 radical (unpaired) electrons. The van der Waals surface area contributed by atoms with Crippen molar-refractivity contribution < 1.29 is 0 Å². The van der Waals surface area contributed by atoms with E-state index >= 15 is 0 Å². The second kappa shape index (κ2) is 2.96. The van der Waals surface area contributed by atoms with E-state index in [9.17, 15) is 0 Å². The van der Waals surface area contributed by atoms with E-state index in [0.717, 1.165) is 18.4 Å². The second-order valence-corrected chi connectivity index (χ2v) is 4.09. The summed E-state index contributed by atoms with van der Waals surface area (Å²) in [6.45, 7) is 3.49. The van der Waals surface area contributed by atoms with Crippen molar-refractivity contribution in [2.24, 2.45) is 16.8 Å². The Labute approximate surface area is 68.9 Å². The van der Waals surface area contributed by atoms with E-state index < -0.39 is 0 Å². The Morgan fingerprint density at radius 3 is 3.18 bits per heavy atom. The third kappa shape index (κ3) is 1.47. The summed E-state index contributed by atoms with van der Waals surface area (Å²) in [5.74, 6) is 1.84. The van der Waals surface area contributed by atoms with Crippen molar-refractivity contribution in [1.29, 1.82) is 0 Å². The number of hydrogen-bond donors (Lipinski definition) is 0. The zero-order valence-electron chi connectivity index (χ0n) is 7.34. The largest absolute Gasteiger partial charge is 0.294 e. The fraction of sp³-hybridized carbons (Fsp3) is 0.900. The molecule has 11 heavy (non-hydrogen) atoms. The highest BCUT2D eigenvalue weighted by Gasteiger charge is 2.25. The number of nitrogens with zero attached hydrogens (tertiary/aromatic N) is 1. The predicted molar refractivity (Wildman–Crippen MR) is 48.0 cm³/mol. The predicted octanol–water partition coefficient (Wildman–Crippen LogP) is 2.66. The molecule has 0 saturated heterocycles. The average Bonchev–Trinajstić information content (AvgIpc) is 2.04. The molecule has 2 unspecified atom stereocenters. The molecule has 0 aromatic carbocycles. The number of rotatable bonds is 0. The molecule has 0 N–H and O–H groups in total. The lowest BCUT2D eigenvalue weighted by atomic mass is 9.77. The molecule has 0 amide bonds. The van der Waals surface area contributed by atoms with Crippen molar-refractivity contribution in [1.82, 2.24) is 0 Å². The zero-order valence-corrected chi connectivity index (χ0v) is 7.34. The first-order chi connectivity index (χ1) is 5.36. The van der Waals surface area contributed by atoms with Crippen molar-refractivity contribution in [2.75, 3.05) is 6.54 Å². The van der Waals surface area contributed by atoms with Crippen LogP contribution in [0.5, 0.6) is 0 Å². The minimum Gasteiger partial charge on any atom is -0.294 e. The first kappa shape index (κ1) is 7.33. The first-order valence-electron chi connectivity index (χ1n) is 4.89. The van der Waals surface area contributed by atoms with Crippen LogP contribution in [0.2, 0.25) is 0 Å². The summed E-state index contributed by atoms with van der Waals surface area (Å²) in [5.41, 5.74) is 1.55. The van der Waals surface area contributed by atoms with Gasteiger partial charge < -0.3 is 0 Å². The van der Waals surface area contributed by atoms with Crippen LogP contribution in [0.1, 0.15) is 39.0 Å². The van der Waals surface area contributed by atoms with Gasteiger partial charge in [0.25, 0.3) is 0 Å². The quantitative estimate of drug-likeness (QED) is 0.504. The molecule has 0 aromatic rings. The topological polar surface area (TPSA) is 12.4 Å². The third-order valence-electron chi connectivity index (χ3n) is 3.08. The van der Waals surface area contributed by atoms with Crippen LogP contribution < -0.4 is 0 Å². The van der Waals surface area contributed by atoms with Gasteiger partial charge in [-0.3, -0.25) is 4.99 Å².